The van der Waals surface area contributed by atoms with Gasteiger partial charge < -0.3 is 10.6 Å². The van der Waals surface area contributed by atoms with Crippen LogP contribution in [0.15, 0.2) is 11.7 Å². The van der Waals surface area contributed by atoms with Gasteiger partial charge in [0.1, 0.15) is 18.0 Å². The monoisotopic (exact) mass is 277 g/mol. The molecule has 0 aliphatic heterocycles. The average molecular weight is 277 g/mol. The Bertz CT molecular complexity index is 538. The third-order valence-corrected chi connectivity index (χ3v) is 3.70. The lowest BCUT2D eigenvalue weighted by Crippen LogP contribution is -2.11. The molecule has 0 aromatic carbocycles. The second-order valence-electron chi connectivity index (χ2n) is 4.19. The van der Waals surface area contributed by atoms with Gasteiger partial charge in [-0.05, 0) is 13.3 Å². The van der Waals surface area contributed by atoms with Crippen molar-refractivity contribution < 1.29 is 0 Å². The van der Waals surface area contributed by atoms with Crippen LogP contribution in [0, 0.1) is 6.92 Å². The normalized spacial score (nSPS) is 10.5. The van der Waals surface area contributed by atoms with E-state index in [1.807, 2.05) is 14.0 Å². The van der Waals surface area contributed by atoms with Crippen LogP contribution in [0.25, 0.3) is 0 Å². The zero-order chi connectivity index (χ0) is 13.7. The van der Waals surface area contributed by atoms with E-state index >= 15 is 0 Å². The molecule has 0 spiro atoms. The number of thiazole rings is 1. The maximum atomic E-state index is 4.45. The summed E-state index contributed by atoms with van der Waals surface area (Å²) in [7, 11) is 1.88. The quantitative estimate of drug-likeness (QED) is 0.849. The van der Waals surface area contributed by atoms with Crippen molar-refractivity contribution in [3.05, 3.63) is 28.0 Å². The van der Waals surface area contributed by atoms with Crippen molar-refractivity contribution >= 4 is 23.0 Å². The van der Waals surface area contributed by atoms with Crippen molar-refractivity contribution in [1.29, 1.82) is 0 Å². The Morgan fingerprint density at radius 1 is 1.26 bits per heavy atom. The highest BCUT2D eigenvalue weighted by Crippen LogP contribution is 2.19. The van der Waals surface area contributed by atoms with Crippen LogP contribution in [0.4, 0.5) is 11.6 Å². The zero-order valence-electron chi connectivity index (χ0n) is 11.5. The first-order chi connectivity index (χ1) is 9.24. The summed E-state index contributed by atoms with van der Waals surface area (Å²) >= 11 is 1.69. The molecule has 0 saturated heterocycles. The summed E-state index contributed by atoms with van der Waals surface area (Å²) in [5, 5.41) is 9.69. The first-order valence-corrected chi connectivity index (χ1v) is 7.29. The Kier molecular flexibility index (Phi) is 4.68. The van der Waals surface area contributed by atoms with Crippen molar-refractivity contribution in [1.82, 2.24) is 15.0 Å². The maximum Gasteiger partial charge on any atom is 0.134 e. The molecule has 0 radical (unpaired) electrons. The Balaban J connectivity index is 1.99. The van der Waals surface area contributed by atoms with Crippen LogP contribution in [0.5, 0.6) is 0 Å². The van der Waals surface area contributed by atoms with Crippen LogP contribution in [0.2, 0.25) is 0 Å². The van der Waals surface area contributed by atoms with Crippen molar-refractivity contribution in [3.8, 4) is 0 Å². The van der Waals surface area contributed by atoms with E-state index in [1.165, 1.54) is 0 Å². The van der Waals surface area contributed by atoms with Gasteiger partial charge in [0.2, 0.25) is 0 Å². The fourth-order valence-corrected chi connectivity index (χ4v) is 2.59. The van der Waals surface area contributed by atoms with E-state index < -0.39 is 0 Å². The molecule has 2 N–H and O–H groups in total. The van der Waals surface area contributed by atoms with Gasteiger partial charge in [0.25, 0.3) is 0 Å². The molecule has 2 aromatic heterocycles. The maximum absolute atomic E-state index is 4.45. The minimum atomic E-state index is 0.830. The van der Waals surface area contributed by atoms with Gasteiger partial charge in [0.15, 0.2) is 0 Å². The molecule has 0 amide bonds. The van der Waals surface area contributed by atoms with Crippen LogP contribution >= 0.6 is 11.3 Å². The van der Waals surface area contributed by atoms with Gasteiger partial charge in [-0.1, -0.05) is 6.92 Å². The number of hydrogen-bond donors (Lipinski definition) is 2. The summed E-state index contributed by atoms with van der Waals surface area (Å²) in [5.74, 6) is 1.80. The summed E-state index contributed by atoms with van der Waals surface area (Å²) in [6, 6.07) is 0. The first-order valence-electron chi connectivity index (χ1n) is 6.41. The molecule has 2 heterocycles. The molecule has 0 fully saturated rings. The van der Waals surface area contributed by atoms with Gasteiger partial charge >= 0.3 is 0 Å². The van der Waals surface area contributed by atoms with E-state index in [1.54, 1.807) is 17.7 Å². The van der Waals surface area contributed by atoms with E-state index in [0.717, 1.165) is 47.3 Å². The van der Waals surface area contributed by atoms with Gasteiger partial charge in [0, 0.05) is 31.0 Å². The third-order valence-electron chi connectivity index (χ3n) is 2.88. The number of hydrogen-bond acceptors (Lipinski definition) is 6. The van der Waals surface area contributed by atoms with Crippen LogP contribution in [0.1, 0.15) is 23.2 Å². The highest BCUT2D eigenvalue weighted by atomic mass is 32.1. The van der Waals surface area contributed by atoms with E-state index in [2.05, 4.69) is 37.9 Å². The molecule has 0 aliphatic carbocycles. The van der Waals surface area contributed by atoms with Crippen LogP contribution in [0.3, 0.4) is 0 Å². The zero-order valence-corrected chi connectivity index (χ0v) is 12.3. The molecule has 0 aliphatic rings. The average Bonchev–Trinajstić information content (AvgIpc) is 2.84. The lowest BCUT2D eigenvalue weighted by Gasteiger charge is -2.12. The van der Waals surface area contributed by atoms with Crippen molar-refractivity contribution in [2.45, 2.75) is 26.7 Å². The van der Waals surface area contributed by atoms with Gasteiger partial charge in [-0.15, -0.1) is 11.3 Å². The van der Waals surface area contributed by atoms with Crippen LogP contribution in [-0.2, 0) is 12.8 Å². The number of anilines is 2. The Labute approximate surface area is 117 Å². The molecule has 0 atom stereocenters. The summed E-state index contributed by atoms with van der Waals surface area (Å²) in [4.78, 5) is 13.0. The van der Waals surface area contributed by atoms with E-state index in [0.29, 0.717) is 0 Å². The molecule has 0 bridgehead atoms. The predicted octanol–water partition coefficient (Wildman–Crippen LogP) is 2.50. The lowest BCUT2D eigenvalue weighted by atomic mass is 10.2. The summed E-state index contributed by atoms with van der Waals surface area (Å²) < 4.78 is 0. The van der Waals surface area contributed by atoms with E-state index in [4.69, 9.17) is 0 Å². The Morgan fingerprint density at radius 3 is 2.68 bits per heavy atom. The van der Waals surface area contributed by atoms with Gasteiger partial charge in [-0.2, -0.15) is 0 Å². The number of nitrogens with zero attached hydrogens (tertiary/aromatic N) is 3. The van der Waals surface area contributed by atoms with Crippen molar-refractivity contribution in [3.63, 3.8) is 0 Å². The molecule has 6 heteroatoms. The second kappa shape index (κ2) is 6.47. The largest absolute Gasteiger partial charge is 0.373 e. The highest BCUT2D eigenvalue weighted by Gasteiger charge is 2.08. The van der Waals surface area contributed by atoms with Gasteiger partial charge in [0.05, 0.1) is 10.7 Å². The minimum Gasteiger partial charge on any atom is -0.373 e. The molecule has 0 unspecified atom stereocenters. The molecule has 19 heavy (non-hydrogen) atoms. The molecule has 5 nitrogen and oxygen atoms in total. The first kappa shape index (κ1) is 13.7. The van der Waals surface area contributed by atoms with Crippen LogP contribution < -0.4 is 10.6 Å². The topological polar surface area (TPSA) is 62.7 Å². The molecule has 0 saturated carbocycles. The molecular formula is C13H19N5S. The van der Waals surface area contributed by atoms with Crippen molar-refractivity contribution in [2.75, 3.05) is 24.2 Å². The number of aromatic nitrogens is 3. The molecule has 2 aromatic rings. The van der Waals surface area contributed by atoms with Gasteiger partial charge in [-0.3, -0.25) is 0 Å². The molecule has 2 rings (SSSR count). The summed E-state index contributed by atoms with van der Waals surface area (Å²) in [5.41, 5.74) is 2.26. The van der Waals surface area contributed by atoms with E-state index in [9.17, 15) is 0 Å². The second-order valence-corrected chi connectivity index (χ2v) is 5.25. The smallest absolute Gasteiger partial charge is 0.134 e. The predicted molar refractivity (Wildman–Crippen MR) is 80.0 cm³/mol. The summed E-state index contributed by atoms with van der Waals surface area (Å²) in [6.07, 6.45) is 3.39. The van der Waals surface area contributed by atoms with Crippen molar-refractivity contribution in [2.24, 2.45) is 0 Å². The van der Waals surface area contributed by atoms with Gasteiger partial charge in [-0.25, -0.2) is 15.0 Å². The highest BCUT2D eigenvalue weighted by molar-refractivity contribution is 7.09. The fourth-order valence-electron chi connectivity index (χ4n) is 1.95. The lowest BCUT2D eigenvalue weighted by molar-refractivity contribution is 0.944. The summed E-state index contributed by atoms with van der Waals surface area (Å²) in [6.45, 7) is 4.96. The molecule has 102 valence electrons. The molecular weight excluding hydrogens is 258 g/mol. The van der Waals surface area contributed by atoms with E-state index in [-0.39, 0.29) is 0 Å². The minimum absolute atomic E-state index is 0.830. The standard InChI is InChI=1S/C13H19N5S/c1-4-11-12(14-3)16-8-17-13(11)15-6-5-10-7-19-9(2)18-10/h7-8H,4-6H2,1-3H3,(H2,14,15,16,17). The Hall–Kier alpha value is -1.69. The SMILES string of the molecule is CCc1c(NC)ncnc1NCCc1csc(C)n1. The van der Waals surface area contributed by atoms with Crippen LogP contribution in [-0.4, -0.2) is 28.5 Å². The third kappa shape index (κ3) is 3.41. The number of aryl methyl sites for hydroxylation is 1. The Morgan fingerprint density at radius 2 is 2.05 bits per heavy atom. The number of rotatable bonds is 6. The fraction of sp³-hybridized carbons (Fsp3) is 0.462. The number of nitrogens with one attached hydrogen (secondary N) is 2.